The first-order valence-corrected chi connectivity index (χ1v) is 10.8. The van der Waals surface area contributed by atoms with Crippen molar-refractivity contribution in [2.75, 3.05) is 13.1 Å². The minimum Gasteiger partial charge on any atom is -0.323 e. The van der Waals surface area contributed by atoms with Gasteiger partial charge in [0.25, 0.3) is 5.91 Å². The Balaban J connectivity index is 1.45. The molecule has 0 spiro atoms. The summed E-state index contributed by atoms with van der Waals surface area (Å²) in [4.78, 5) is 25.7. The van der Waals surface area contributed by atoms with Gasteiger partial charge in [-0.3, -0.25) is 10.2 Å². The van der Waals surface area contributed by atoms with E-state index < -0.39 is 22.0 Å². The third-order valence-corrected chi connectivity index (χ3v) is 7.10. The summed E-state index contributed by atoms with van der Waals surface area (Å²) in [5, 5.41) is 1.71. The van der Waals surface area contributed by atoms with Gasteiger partial charge in [-0.15, -0.1) is 11.3 Å². The molecule has 1 aromatic carbocycles. The monoisotopic (exact) mass is 408 g/mol. The molecule has 10 heteroatoms. The lowest BCUT2D eigenvalue weighted by Gasteiger charge is -2.32. The maximum atomic E-state index is 12.2. The van der Waals surface area contributed by atoms with Crippen LogP contribution in [-0.4, -0.2) is 44.4 Å². The lowest BCUT2D eigenvalue weighted by Crippen LogP contribution is -2.53. The number of nitrogens with zero attached hydrogens (tertiary/aromatic N) is 1. The first kappa shape index (κ1) is 19.3. The lowest BCUT2D eigenvalue weighted by atomic mass is 10.1. The van der Waals surface area contributed by atoms with Gasteiger partial charge < -0.3 is 4.90 Å². The number of carbonyl (C=O) groups excluding carboxylic acids is 2. The Labute approximate surface area is 161 Å². The van der Waals surface area contributed by atoms with Gasteiger partial charge in [-0.2, -0.15) is 0 Å². The minimum atomic E-state index is -3.51. The zero-order valence-corrected chi connectivity index (χ0v) is 16.1. The summed E-state index contributed by atoms with van der Waals surface area (Å²) >= 11 is 1.17. The highest BCUT2D eigenvalue weighted by atomic mass is 32.2. The highest BCUT2D eigenvalue weighted by Gasteiger charge is 2.27. The molecular formula is C17H20N4O4S2. The van der Waals surface area contributed by atoms with E-state index >= 15 is 0 Å². The summed E-state index contributed by atoms with van der Waals surface area (Å²) in [6.45, 7) is 0.787. The van der Waals surface area contributed by atoms with E-state index in [9.17, 15) is 18.0 Å². The fourth-order valence-corrected chi connectivity index (χ4v) is 5.06. The number of sulfonamides is 1. The third-order valence-electron chi connectivity index (χ3n) is 4.18. The molecule has 1 saturated heterocycles. The summed E-state index contributed by atoms with van der Waals surface area (Å²) in [5.41, 5.74) is 5.20. The quantitative estimate of drug-likeness (QED) is 0.667. The number of benzene rings is 1. The van der Waals surface area contributed by atoms with Crippen LogP contribution in [0.2, 0.25) is 0 Å². The van der Waals surface area contributed by atoms with Crippen LogP contribution < -0.4 is 15.6 Å². The number of thiophene rings is 1. The number of hydrazine groups is 1. The minimum absolute atomic E-state index is 0.222. The standard InChI is InChI=1S/C17H20N4O4S2/c22-16(13-5-2-1-3-6-13)18-19-17(23)21-10-8-14(9-11-21)20-27(24,25)15-7-4-12-26-15/h1-7,12,14,20H,8-11H2,(H,18,22)(H,19,23). The van der Waals surface area contributed by atoms with Crippen LogP contribution in [0.5, 0.6) is 0 Å². The molecule has 2 aromatic rings. The van der Waals surface area contributed by atoms with Crippen molar-refractivity contribution in [3.8, 4) is 0 Å². The molecule has 0 unspecified atom stereocenters. The smallest absolute Gasteiger partial charge is 0.323 e. The maximum Gasteiger partial charge on any atom is 0.336 e. The van der Waals surface area contributed by atoms with E-state index in [-0.39, 0.29) is 10.3 Å². The van der Waals surface area contributed by atoms with Crippen molar-refractivity contribution >= 4 is 33.3 Å². The fourth-order valence-electron chi connectivity index (χ4n) is 2.75. The SMILES string of the molecule is O=C(NNC(=O)N1CCC(NS(=O)(=O)c2cccs2)CC1)c1ccccc1. The van der Waals surface area contributed by atoms with Crippen molar-refractivity contribution in [1.29, 1.82) is 0 Å². The van der Waals surface area contributed by atoms with Crippen LogP contribution >= 0.6 is 11.3 Å². The maximum absolute atomic E-state index is 12.2. The summed E-state index contributed by atoms with van der Waals surface area (Å²) in [6, 6.07) is 11.2. The van der Waals surface area contributed by atoms with Crippen LogP contribution in [0.25, 0.3) is 0 Å². The van der Waals surface area contributed by atoms with E-state index in [2.05, 4.69) is 15.6 Å². The van der Waals surface area contributed by atoms with Gasteiger partial charge in [0.15, 0.2) is 0 Å². The van der Waals surface area contributed by atoms with Gasteiger partial charge >= 0.3 is 6.03 Å². The van der Waals surface area contributed by atoms with Crippen molar-refractivity contribution in [3.05, 3.63) is 53.4 Å². The highest BCUT2D eigenvalue weighted by molar-refractivity contribution is 7.91. The second kappa shape index (κ2) is 8.51. The summed E-state index contributed by atoms with van der Waals surface area (Å²) < 4.78 is 27.5. The topological polar surface area (TPSA) is 108 Å². The van der Waals surface area contributed by atoms with Gasteiger partial charge in [0.05, 0.1) is 0 Å². The second-order valence-corrected chi connectivity index (χ2v) is 8.95. The second-order valence-electron chi connectivity index (χ2n) is 6.06. The van der Waals surface area contributed by atoms with E-state index in [1.807, 2.05) is 0 Å². The zero-order chi connectivity index (χ0) is 19.3. The number of nitrogens with one attached hydrogen (secondary N) is 3. The Morgan fingerprint density at radius 2 is 1.70 bits per heavy atom. The summed E-state index contributed by atoms with van der Waals surface area (Å²) in [5.74, 6) is -0.400. The number of carbonyl (C=O) groups is 2. The number of urea groups is 1. The molecule has 3 N–H and O–H groups in total. The molecule has 1 aromatic heterocycles. The molecule has 0 aliphatic carbocycles. The van der Waals surface area contributed by atoms with E-state index in [0.29, 0.717) is 31.5 Å². The Kier molecular flexibility index (Phi) is 6.09. The van der Waals surface area contributed by atoms with E-state index in [4.69, 9.17) is 0 Å². The molecule has 0 radical (unpaired) electrons. The highest BCUT2D eigenvalue weighted by Crippen LogP contribution is 2.18. The normalized spacial score (nSPS) is 15.3. The number of likely N-dealkylation sites (tertiary alicyclic amines) is 1. The molecule has 3 rings (SSSR count). The van der Waals surface area contributed by atoms with Crippen LogP contribution in [0.4, 0.5) is 4.79 Å². The Morgan fingerprint density at radius 3 is 2.33 bits per heavy atom. The molecule has 27 heavy (non-hydrogen) atoms. The summed E-state index contributed by atoms with van der Waals surface area (Å²) in [7, 11) is -3.51. The van der Waals surface area contributed by atoms with Gasteiger partial charge in [-0.1, -0.05) is 24.3 Å². The van der Waals surface area contributed by atoms with E-state index in [1.165, 1.54) is 11.3 Å². The van der Waals surface area contributed by atoms with Crippen molar-refractivity contribution in [2.24, 2.45) is 0 Å². The van der Waals surface area contributed by atoms with E-state index in [1.54, 1.807) is 52.7 Å². The predicted molar refractivity (Wildman–Crippen MR) is 102 cm³/mol. The number of amides is 3. The zero-order valence-electron chi connectivity index (χ0n) is 14.4. The predicted octanol–water partition coefficient (Wildman–Crippen LogP) is 1.55. The number of piperidine rings is 1. The first-order valence-electron chi connectivity index (χ1n) is 8.42. The molecule has 1 aliphatic rings. The molecule has 8 nitrogen and oxygen atoms in total. The van der Waals surface area contributed by atoms with Crippen LogP contribution in [-0.2, 0) is 10.0 Å². The Morgan fingerprint density at radius 1 is 1.00 bits per heavy atom. The van der Waals surface area contributed by atoms with Gasteiger partial charge in [0.2, 0.25) is 10.0 Å². The van der Waals surface area contributed by atoms with Gasteiger partial charge in [-0.25, -0.2) is 23.4 Å². The average molecular weight is 409 g/mol. The van der Waals surface area contributed by atoms with Crippen LogP contribution in [0.15, 0.2) is 52.1 Å². The lowest BCUT2D eigenvalue weighted by molar-refractivity contribution is 0.0927. The Bertz CT molecular complexity index is 877. The Hall–Kier alpha value is -2.43. The average Bonchev–Trinajstić information content (AvgIpc) is 3.23. The number of hydrogen-bond donors (Lipinski definition) is 3. The van der Waals surface area contributed by atoms with Gasteiger partial charge in [0.1, 0.15) is 4.21 Å². The number of rotatable bonds is 4. The first-order chi connectivity index (χ1) is 13.0. The molecule has 144 valence electrons. The molecule has 1 fully saturated rings. The van der Waals surface area contributed by atoms with Gasteiger partial charge in [-0.05, 0) is 36.4 Å². The van der Waals surface area contributed by atoms with Gasteiger partial charge in [0, 0.05) is 24.7 Å². The fraction of sp³-hybridized carbons (Fsp3) is 0.294. The van der Waals surface area contributed by atoms with Crippen molar-refractivity contribution in [3.63, 3.8) is 0 Å². The molecular weight excluding hydrogens is 388 g/mol. The largest absolute Gasteiger partial charge is 0.336 e. The molecule has 3 amide bonds. The summed E-state index contributed by atoms with van der Waals surface area (Å²) in [6.07, 6.45) is 1.01. The van der Waals surface area contributed by atoms with Crippen LogP contribution in [0.3, 0.4) is 0 Å². The molecule has 0 atom stereocenters. The van der Waals surface area contributed by atoms with E-state index in [0.717, 1.165) is 0 Å². The van der Waals surface area contributed by atoms with Crippen LogP contribution in [0, 0.1) is 0 Å². The molecule has 1 aliphatic heterocycles. The molecule has 0 saturated carbocycles. The van der Waals surface area contributed by atoms with Crippen molar-refractivity contribution < 1.29 is 18.0 Å². The molecule has 2 heterocycles. The van der Waals surface area contributed by atoms with Crippen LogP contribution in [0.1, 0.15) is 23.2 Å². The third kappa shape index (κ3) is 5.06. The molecule has 0 bridgehead atoms. The van der Waals surface area contributed by atoms with Crippen molar-refractivity contribution in [2.45, 2.75) is 23.1 Å². The number of hydrogen-bond acceptors (Lipinski definition) is 5. The van der Waals surface area contributed by atoms with Crippen molar-refractivity contribution in [1.82, 2.24) is 20.5 Å².